The van der Waals surface area contributed by atoms with Crippen LogP contribution in [-0.2, 0) is 4.79 Å². The van der Waals surface area contributed by atoms with Gasteiger partial charge in [0.1, 0.15) is 5.82 Å². The molecule has 1 aromatic heterocycles. The number of aromatic nitrogens is 2. The molecule has 5 nitrogen and oxygen atoms in total. The molecule has 0 aliphatic carbocycles. The van der Waals surface area contributed by atoms with E-state index in [0.29, 0.717) is 35.6 Å². The number of nitrogens with zero attached hydrogens (tertiary/aromatic N) is 3. The van der Waals surface area contributed by atoms with E-state index < -0.39 is 0 Å². The van der Waals surface area contributed by atoms with Gasteiger partial charge < -0.3 is 4.90 Å². The van der Waals surface area contributed by atoms with E-state index in [2.05, 4.69) is 34.6 Å². The number of benzene rings is 2. The van der Waals surface area contributed by atoms with Crippen molar-refractivity contribution in [1.82, 2.24) is 14.5 Å². The zero-order valence-corrected chi connectivity index (χ0v) is 20.3. The number of carbonyl (C=O) groups excluding carboxylic acids is 1. The fourth-order valence-corrected chi connectivity index (χ4v) is 4.01. The summed E-state index contributed by atoms with van der Waals surface area (Å²) in [6, 6.07) is 14.9. The lowest BCUT2D eigenvalue weighted by molar-refractivity contribution is -0.136. The van der Waals surface area contributed by atoms with Crippen molar-refractivity contribution in [2.75, 3.05) is 6.54 Å². The molecule has 0 spiro atoms. The molecule has 32 heavy (non-hydrogen) atoms. The van der Waals surface area contributed by atoms with E-state index in [0.717, 1.165) is 11.3 Å². The second-order valence-corrected chi connectivity index (χ2v) is 10.3. The highest BCUT2D eigenvalue weighted by Crippen LogP contribution is 2.28. The Labute approximate surface area is 191 Å². The number of carbonyl (C=O) groups is 1. The molecule has 0 saturated carbocycles. The highest BCUT2D eigenvalue weighted by Gasteiger charge is 2.29. The lowest BCUT2D eigenvalue weighted by Crippen LogP contribution is -2.40. The number of amides is 1. The summed E-state index contributed by atoms with van der Waals surface area (Å²) >= 11 is 0. The van der Waals surface area contributed by atoms with E-state index in [4.69, 9.17) is 4.98 Å². The first kappa shape index (κ1) is 23.7. The number of hydrogen-bond acceptors (Lipinski definition) is 3. The van der Waals surface area contributed by atoms with Gasteiger partial charge in [-0.05, 0) is 55.0 Å². The smallest absolute Gasteiger partial charge is 0.266 e. The first-order chi connectivity index (χ1) is 15.0. The summed E-state index contributed by atoms with van der Waals surface area (Å²) < 4.78 is 1.68. The fourth-order valence-electron chi connectivity index (χ4n) is 4.01. The minimum atomic E-state index is -0.356. The molecule has 1 atom stereocenters. The molecular formula is C27H35N3O2. The van der Waals surface area contributed by atoms with Crippen molar-refractivity contribution in [3.8, 4) is 5.69 Å². The fraction of sp³-hybridized carbons (Fsp3) is 0.444. The molecule has 0 fully saturated rings. The van der Waals surface area contributed by atoms with Gasteiger partial charge in [0.05, 0.1) is 22.6 Å². The molecule has 1 heterocycles. The van der Waals surface area contributed by atoms with Crippen molar-refractivity contribution in [2.24, 2.45) is 11.3 Å². The highest BCUT2D eigenvalue weighted by molar-refractivity contribution is 5.79. The summed E-state index contributed by atoms with van der Waals surface area (Å²) in [6.07, 6.45) is 0.437. The quantitative estimate of drug-likeness (QED) is 0.503. The predicted octanol–water partition coefficient (Wildman–Crippen LogP) is 5.68. The Morgan fingerprint density at radius 2 is 1.75 bits per heavy atom. The molecule has 0 bridgehead atoms. The Morgan fingerprint density at radius 1 is 1.06 bits per heavy atom. The molecule has 5 heteroatoms. The number of para-hydroxylation sites is 1. The largest absolute Gasteiger partial charge is 0.333 e. The van der Waals surface area contributed by atoms with Gasteiger partial charge >= 0.3 is 0 Å². The van der Waals surface area contributed by atoms with Crippen LogP contribution >= 0.6 is 0 Å². The summed E-state index contributed by atoms with van der Waals surface area (Å²) in [5, 5.41) is 0.571. The van der Waals surface area contributed by atoms with Crippen LogP contribution in [0.4, 0.5) is 0 Å². The maximum Gasteiger partial charge on any atom is 0.266 e. The zero-order chi connectivity index (χ0) is 23.6. The van der Waals surface area contributed by atoms with Crippen LogP contribution in [0.2, 0.25) is 0 Å². The Bertz CT molecular complexity index is 1170. The van der Waals surface area contributed by atoms with Crippen molar-refractivity contribution in [2.45, 2.75) is 60.9 Å². The SMILES string of the molecule is Cc1cccc(-n2c(C(C)N(CC(C)C)C(=O)CC(C)(C)C)nc3ccccc3c2=O)c1. The third-order valence-electron chi connectivity index (χ3n) is 5.47. The Morgan fingerprint density at radius 3 is 2.38 bits per heavy atom. The van der Waals surface area contributed by atoms with E-state index in [1.807, 2.05) is 67.3 Å². The van der Waals surface area contributed by atoms with Gasteiger partial charge in [-0.25, -0.2) is 4.98 Å². The van der Waals surface area contributed by atoms with Crippen molar-refractivity contribution in [3.63, 3.8) is 0 Å². The van der Waals surface area contributed by atoms with Crippen LogP contribution in [0, 0.1) is 18.3 Å². The van der Waals surface area contributed by atoms with E-state index in [9.17, 15) is 9.59 Å². The third kappa shape index (κ3) is 5.26. The van der Waals surface area contributed by atoms with Crippen LogP contribution in [-0.4, -0.2) is 26.9 Å². The number of aryl methyl sites for hydroxylation is 1. The van der Waals surface area contributed by atoms with Gasteiger partial charge in [-0.15, -0.1) is 0 Å². The number of hydrogen-bond donors (Lipinski definition) is 0. The molecular weight excluding hydrogens is 398 g/mol. The van der Waals surface area contributed by atoms with Crippen LogP contribution in [0.5, 0.6) is 0 Å². The van der Waals surface area contributed by atoms with Gasteiger partial charge in [-0.2, -0.15) is 0 Å². The van der Waals surface area contributed by atoms with Crippen LogP contribution in [0.3, 0.4) is 0 Å². The molecule has 170 valence electrons. The molecule has 0 saturated heterocycles. The summed E-state index contributed by atoms with van der Waals surface area (Å²) in [4.78, 5) is 33.8. The first-order valence-corrected chi connectivity index (χ1v) is 11.4. The standard InChI is InChI=1S/C27H35N3O2/c1-18(2)17-29(24(31)16-27(5,6)7)20(4)25-28-23-14-9-8-13-22(23)26(32)30(25)21-12-10-11-19(3)15-21/h8-15,18,20H,16-17H2,1-7H3. The molecule has 2 aromatic carbocycles. The van der Waals surface area contributed by atoms with Crippen LogP contribution in [0.15, 0.2) is 53.3 Å². The summed E-state index contributed by atoms with van der Waals surface area (Å²) in [5.41, 5.74) is 2.23. The van der Waals surface area contributed by atoms with Gasteiger partial charge in [0.2, 0.25) is 5.91 Å². The van der Waals surface area contributed by atoms with Crippen molar-refractivity contribution in [3.05, 3.63) is 70.3 Å². The van der Waals surface area contributed by atoms with Gasteiger partial charge in [0.15, 0.2) is 0 Å². The van der Waals surface area contributed by atoms with Gasteiger partial charge in [0, 0.05) is 13.0 Å². The first-order valence-electron chi connectivity index (χ1n) is 11.4. The topological polar surface area (TPSA) is 55.2 Å². The second kappa shape index (κ2) is 9.27. The lowest BCUT2D eigenvalue weighted by atomic mass is 9.91. The molecule has 0 aliphatic heterocycles. The molecule has 0 radical (unpaired) electrons. The van der Waals surface area contributed by atoms with Crippen LogP contribution < -0.4 is 5.56 Å². The maximum absolute atomic E-state index is 13.6. The van der Waals surface area contributed by atoms with Crippen molar-refractivity contribution >= 4 is 16.8 Å². The Hall–Kier alpha value is -2.95. The third-order valence-corrected chi connectivity index (χ3v) is 5.47. The van der Waals surface area contributed by atoms with Crippen LogP contribution in [0.1, 0.15) is 65.4 Å². The molecule has 3 rings (SSSR count). The summed E-state index contributed by atoms with van der Waals surface area (Å²) in [5.74, 6) is 0.958. The molecule has 1 unspecified atom stereocenters. The van der Waals surface area contributed by atoms with Gasteiger partial charge in [-0.1, -0.05) is 58.9 Å². The molecule has 1 amide bonds. The van der Waals surface area contributed by atoms with Crippen LogP contribution in [0.25, 0.3) is 16.6 Å². The van der Waals surface area contributed by atoms with E-state index in [-0.39, 0.29) is 22.9 Å². The zero-order valence-electron chi connectivity index (χ0n) is 20.3. The van der Waals surface area contributed by atoms with Gasteiger partial charge in [0.25, 0.3) is 5.56 Å². The highest BCUT2D eigenvalue weighted by atomic mass is 16.2. The lowest BCUT2D eigenvalue weighted by Gasteiger charge is -2.34. The summed E-state index contributed by atoms with van der Waals surface area (Å²) in [7, 11) is 0. The minimum Gasteiger partial charge on any atom is -0.333 e. The molecule has 0 N–H and O–H groups in total. The van der Waals surface area contributed by atoms with Crippen molar-refractivity contribution < 1.29 is 4.79 Å². The van der Waals surface area contributed by atoms with Crippen molar-refractivity contribution in [1.29, 1.82) is 0 Å². The van der Waals surface area contributed by atoms with E-state index in [1.165, 1.54) is 0 Å². The number of rotatable bonds is 6. The normalized spacial score (nSPS) is 12.9. The minimum absolute atomic E-state index is 0.0805. The Balaban J connectivity index is 2.23. The maximum atomic E-state index is 13.6. The summed E-state index contributed by atoms with van der Waals surface area (Å²) in [6.45, 7) is 15.0. The molecule has 3 aromatic rings. The molecule has 0 aliphatic rings. The number of fused-ring (bicyclic) bond motifs is 1. The second-order valence-electron chi connectivity index (χ2n) is 10.3. The average molecular weight is 434 g/mol. The monoisotopic (exact) mass is 433 g/mol. The predicted molar refractivity (Wildman–Crippen MR) is 131 cm³/mol. The van der Waals surface area contributed by atoms with E-state index in [1.54, 1.807) is 4.57 Å². The van der Waals surface area contributed by atoms with Gasteiger partial charge in [-0.3, -0.25) is 14.2 Å². The van der Waals surface area contributed by atoms with E-state index >= 15 is 0 Å². The Kier molecular flexibility index (Phi) is 6.87. The average Bonchev–Trinajstić information content (AvgIpc) is 2.70.